The minimum atomic E-state index is -0.0727. The number of carbonyl (C=O) groups is 1. The lowest BCUT2D eigenvalue weighted by Crippen LogP contribution is -2.22. The van der Waals surface area contributed by atoms with Crippen molar-refractivity contribution in [3.63, 3.8) is 0 Å². The average molecular weight is 322 g/mol. The summed E-state index contributed by atoms with van der Waals surface area (Å²) >= 11 is 5.95. The Morgan fingerprint density at radius 3 is 2.22 bits per heavy atom. The smallest absolute Gasteiger partial charge is 0.251 e. The van der Waals surface area contributed by atoms with E-state index in [0.717, 1.165) is 16.7 Å². The van der Waals surface area contributed by atoms with E-state index in [4.69, 9.17) is 11.6 Å². The molecule has 0 aliphatic rings. The fourth-order valence-electron chi connectivity index (χ4n) is 2.45. The summed E-state index contributed by atoms with van der Waals surface area (Å²) in [5.74, 6) is -0.0727. The fourth-order valence-corrected chi connectivity index (χ4v) is 2.58. The van der Waals surface area contributed by atoms with E-state index >= 15 is 0 Å². The Bertz CT molecular complexity index is 797. The van der Waals surface area contributed by atoms with E-state index in [-0.39, 0.29) is 5.91 Å². The van der Waals surface area contributed by atoms with Crippen LogP contribution in [0.3, 0.4) is 0 Å². The molecular weight excluding hydrogens is 306 g/mol. The average Bonchev–Trinajstić information content (AvgIpc) is 2.61. The molecule has 3 rings (SSSR count). The van der Waals surface area contributed by atoms with Crippen LogP contribution in [0.4, 0.5) is 0 Å². The second-order valence-corrected chi connectivity index (χ2v) is 5.65. The van der Waals surface area contributed by atoms with Crippen LogP contribution in [-0.2, 0) is 6.54 Å². The van der Waals surface area contributed by atoms with Crippen LogP contribution in [0.25, 0.3) is 11.1 Å². The summed E-state index contributed by atoms with van der Waals surface area (Å²) in [6.07, 6.45) is 0. The zero-order valence-corrected chi connectivity index (χ0v) is 13.3. The number of hydrogen-bond acceptors (Lipinski definition) is 1. The van der Waals surface area contributed by atoms with Crippen molar-refractivity contribution in [1.29, 1.82) is 0 Å². The van der Waals surface area contributed by atoms with Crippen LogP contribution in [0.15, 0.2) is 78.9 Å². The van der Waals surface area contributed by atoms with Gasteiger partial charge in [0, 0.05) is 17.1 Å². The molecule has 3 aromatic carbocycles. The maximum Gasteiger partial charge on any atom is 0.251 e. The lowest BCUT2D eigenvalue weighted by Gasteiger charge is -2.11. The summed E-state index contributed by atoms with van der Waals surface area (Å²) in [6.45, 7) is 0.479. The summed E-state index contributed by atoms with van der Waals surface area (Å²) in [5, 5.41) is 3.68. The highest BCUT2D eigenvalue weighted by Gasteiger charge is 2.08. The molecule has 1 N–H and O–H groups in total. The van der Waals surface area contributed by atoms with Crippen molar-refractivity contribution in [2.75, 3.05) is 0 Å². The Morgan fingerprint density at radius 1 is 0.826 bits per heavy atom. The van der Waals surface area contributed by atoms with E-state index in [1.165, 1.54) is 0 Å². The van der Waals surface area contributed by atoms with E-state index in [2.05, 4.69) is 5.32 Å². The monoisotopic (exact) mass is 321 g/mol. The number of rotatable bonds is 4. The maximum atomic E-state index is 12.2. The molecule has 0 saturated heterocycles. The van der Waals surface area contributed by atoms with Crippen molar-refractivity contribution >= 4 is 17.5 Å². The molecule has 3 aromatic rings. The molecule has 0 heterocycles. The van der Waals surface area contributed by atoms with Crippen molar-refractivity contribution in [3.8, 4) is 11.1 Å². The second-order valence-electron chi connectivity index (χ2n) is 5.21. The van der Waals surface area contributed by atoms with E-state index in [9.17, 15) is 4.79 Å². The standard InChI is InChI=1S/C20H16ClNO/c21-18-12-10-15(11-13-18)19-9-5-4-8-17(19)14-22-20(23)16-6-2-1-3-7-16/h1-13H,14H2,(H,22,23). The van der Waals surface area contributed by atoms with Gasteiger partial charge in [-0.05, 0) is 41.0 Å². The molecule has 2 nitrogen and oxygen atoms in total. The summed E-state index contributed by atoms with van der Waals surface area (Å²) in [6, 6.07) is 25.0. The van der Waals surface area contributed by atoms with Crippen molar-refractivity contribution in [2.45, 2.75) is 6.54 Å². The largest absolute Gasteiger partial charge is 0.348 e. The van der Waals surface area contributed by atoms with E-state index < -0.39 is 0 Å². The Kier molecular flexibility index (Phi) is 4.74. The first kappa shape index (κ1) is 15.3. The first-order valence-electron chi connectivity index (χ1n) is 7.41. The molecule has 0 unspecified atom stereocenters. The van der Waals surface area contributed by atoms with Gasteiger partial charge in [-0.2, -0.15) is 0 Å². The van der Waals surface area contributed by atoms with Crippen molar-refractivity contribution in [3.05, 3.63) is 95.0 Å². The first-order chi connectivity index (χ1) is 11.2. The summed E-state index contributed by atoms with van der Waals surface area (Å²) < 4.78 is 0. The molecule has 3 heteroatoms. The number of nitrogens with one attached hydrogen (secondary N) is 1. The third-order valence-electron chi connectivity index (χ3n) is 3.65. The molecule has 0 aliphatic heterocycles. The summed E-state index contributed by atoms with van der Waals surface area (Å²) in [4.78, 5) is 12.2. The number of halogens is 1. The van der Waals surface area contributed by atoms with E-state index in [0.29, 0.717) is 17.1 Å². The van der Waals surface area contributed by atoms with Gasteiger partial charge in [0.25, 0.3) is 5.91 Å². The van der Waals surface area contributed by atoms with Crippen molar-refractivity contribution in [1.82, 2.24) is 5.32 Å². The van der Waals surface area contributed by atoms with Crippen molar-refractivity contribution in [2.24, 2.45) is 0 Å². The highest BCUT2D eigenvalue weighted by Crippen LogP contribution is 2.25. The minimum Gasteiger partial charge on any atom is -0.348 e. The maximum absolute atomic E-state index is 12.2. The van der Waals surface area contributed by atoms with Crippen LogP contribution in [0.1, 0.15) is 15.9 Å². The van der Waals surface area contributed by atoms with Gasteiger partial charge in [-0.1, -0.05) is 66.2 Å². The van der Waals surface area contributed by atoms with Gasteiger partial charge in [0.15, 0.2) is 0 Å². The van der Waals surface area contributed by atoms with Gasteiger partial charge >= 0.3 is 0 Å². The van der Waals surface area contributed by atoms with Gasteiger partial charge in [-0.25, -0.2) is 0 Å². The van der Waals surface area contributed by atoms with Crippen LogP contribution in [-0.4, -0.2) is 5.91 Å². The molecule has 0 fully saturated rings. The highest BCUT2D eigenvalue weighted by atomic mass is 35.5. The zero-order valence-electron chi connectivity index (χ0n) is 12.5. The predicted octanol–water partition coefficient (Wildman–Crippen LogP) is 4.94. The van der Waals surface area contributed by atoms with Crippen LogP contribution >= 0.6 is 11.6 Å². The van der Waals surface area contributed by atoms with Crippen LogP contribution in [0.2, 0.25) is 5.02 Å². The fraction of sp³-hybridized carbons (Fsp3) is 0.0500. The molecule has 23 heavy (non-hydrogen) atoms. The Hall–Kier alpha value is -2.58. The quantitative estimate of drug-likeness (QED) is 0.724. The minimum absolute atomic E-state index is 0.0727. The molecule has 1 amide bonds. The summed E-state index contributed by atoms with van der Waals surface area (Å²) in [5.41, 5.74) is 3.91. The van der Waals surface area contributed by atoms with Gasteiger partial charge in [0.2, 0.25) is 0 Å². The Labute approximate surface area is 140 Å². The molecular formula is C20H16ClNO. The Morgan fingerprint density at radius 2 is 1.48 bits per heavy atom. The van der Waals surface area contributed by atoms with Crippen LogP contribution in [0, 0.1) is 0 Å². The number of amides is 1. The molecule has 114 valence electrons. The van der Waals surface area contributed by atoms with Gasteiger partial charge in [0.05, 0.1) is 0 Å². The van der Waals surface area contributed by atoms with E-state index in [1.807, 2.05) is 66.7 Å². The molecule has 0 atom stereocenters. The zero-order chi connectivity index (χ0) is 16.1. The highest BCUT2D eigenvalue weighted by molar-refractivity contribution is 6.30. The number of carbonyl (C=O) groups excluding carboxylic acids is 1. The molecule has 0 saturated carbocycles. The molecule has 0 spiro atoms. The molecule has 0 bridgehead atoms. The first-order valence-corrected chi connectivity index (χ1v) is 7.79. The second kappa shape index (κ2) is 7.12. The Balaban J connectivity index is 1.79. The SMILES string of the molecule is O=C(NCc1ccccc1-c1ccc(Cl)cc1)c1ccccc1. The van der Waals surface area contributed by atoms with Crippen LogP contribution < -0.4 is 5.32 Å². The van der Waals surface area contributed by atoms with Crippen LogP contribution in [0.5, 0.6) is 0 Å². The van der Waals surface area contributed by atoms with Gasteiger partial charge in [-0.15, -0.1) is 0 Å². The van der Waals surface area contributed by atoms with E-state index in [1.54, 1.807) is 12.1 Å². The number of benzene rings is 3. The van der Waals surface area contributed by atoms with Gasteiger partial charge < -0.3 is 5.32 Å². The molecule has 0 aromatic heterocycles. The lowest BCUT2D eigenvalue weighted by atomic mass is 9.99. The third-order valence-corrected chi connectivity index (χ3v) is 3.90. The van der Waals surface area contributed by atoms with Gasteiger partial charge in [-0.3, -0.25) is 4.79 Å². The predicted molar refractivity (Wildman–Crippen MR) is 94.5 cm³/mol. The normalized spacial score (nSPS) is 10.3. The topological polar surface area (TPSA) is 29.1 Å². The van der Waals surface area contributed by atoms with Gasteiger partial charge in [0.1, 0.15) is 0 Å². The number of hydrogen-bond donors (Lipinski definition) is 1. The van der Waals surface area contributed by atoms with Crippen molar-refractivity contribution < 1.29 is 4.79 Å². The third kappa shape index (κ3) is 3.79. The molecule has 0 radical (unpaired) electrons. The summed E-state index contributed by atoms with van der Waals surface area (Å²) in [7, 11) is 0. The lowest BCUT2D eigenvalue weighted by molar-refractivity contribution is 0.0951. The molecule has 0 aliphatic carbocycles.